The van der Waals surface area contributed by atoms with Crippen molar-refractivity contribution in [3.63, 3.8) is 0 Å². The van der Waals surface area contributed by atoms with Crippen LogP contribution in [0.5, 0.6) is 0 Å². The molecule has 18 heteroatoms. The number of hydrogen-bond acceptors (Lipinski definition) is 10. The molecule has 1 amide bonds. The van der Waals surface area contributed by atoms with E-state index < -0.39 is 32.8 Å². The molecule has 4 atom stereocenters. The SMILES string of the molecule is CC[S@](=N)(=O)c1ccc(-n2ccn(C(=Nc3cc(C)c(F)c(C)c3)C3=C(N)CCN(C(=O)c4cc5cc(C6CCOCC6)ccc5n4[C@@]4(c5noc(=O)[nH]5)C[C@@H]4C)[C@H]3C)c2=O)c(Cl)c1. The van der Waals surface area contributed by atoms with Crippen molar-refractivity contribution in [3.8, 4) is 5.69 Å². The van der Waals surface area contributed by atoms with Crippen LogP contribution in [0.4, 0.5) is 10.1 Å². The monoisotopic (exact) mass is 909 g/mol. The maximum absolute atomic E-state index is 15.4. The molecule has 3 aromatic carbocycles. The Balaban J connectivity index is 1.17. The molecular formula is C46H49ClFN9O6S. The van der Waals surface area contributed by atoms with E-state index in [0.717, 1.165) is 29.3 Å². The second kappa shape index (κ2) is 16.2. The number of nitrogens with two attached hydrogens (primary N) is 1. The summed E-state index contributed by atoms with van der Waals surface area (Å²) < 4.78 is 51.4. The van der Waals surface area contributed by atoms with Gasteiger partial charge in [-0.1, -0.05) is 36.7 Å². The molecule has 1 saturated carbocycles. The number of carbonyl (C=O) groups is 1. The number of aromatic amines is 1. The van der Waals surface area contributed by atoms with Crippen molar-refractivity contribution >= 4 is 49.7 Å². The molecule has 64 heavy (non-hydrogen) atoms. The summed E-state index contributed by atoms with van der Waals surface area (Å²) in [5, 5.41) is 5.12. The van der Waals surface area contributed by atoms with Crippen LogP contribution in [0, 0.1) is 30.4 Å². The molecule has 6 aromatic rings. The van der Waals surface area contributed by atoms with Gasteiger partial charge in [0, 0.05) is 71.4 Å². The van der Waals surface area contributed by atoms with Crippen LogP contribution >= 0.6 is 11.6 Å². The molecule has 334 valence electrons. The highest BCUT2D eigenvalue weighted by molar-refractivity contribution is 7.92. The molecule has 2 fully saturated rings. The van der Waals surface area contributed by atoms with Crippen LogP contribution in [0.2, 0.25) is 5.02 Å². The van der Waals surface area contributed by atoms with Gasteiger partial charge in [0.05, 0.1) is 32.2 Å². The molecule has 1 aliphatic carbocycles. The van der Waals surface area contributed by atoms with Crippen molar-refractivity contribution in [1.82, 2.24) is 28.7 Å². The van der Waals surface area contributed by atoms with Crippen LogP contribution in [-0.2, 0) is 20.0 Å². The number of aryl methyl sites for hydroxylation is 2. The van der Waals surface area contributed by atoms with Gasteiger partial charge >= 0.3 is 11.4 Å². The summed E-state index contributed by atoms with van der Waals surface area (Å²) in [6.07, 6.45) is 5.65. The average Bonchev–Trinajstić information content (AvgIpc) is 3.59. The van der Waals surface area contributed by atoms with Gasteiger partial charge in [0.15, 0.2) is 5.82 Å². The van der Waals surface area contributed by atoms with E-state index in [9.17, 15) is 18.2 Å². The molecule has 9 rings (SSSR count). The average molecular weight is 910 g/mol. The first-order valence-corrected chi connectivity index (χ1v) is 23.5. The second-order valence-corrected chi connectivity index (χ2v) is 19.9. The third-order valence-electron chi connectivity index (χ3n) is 13.2. The number of carbonyl (C=O) groups excluding carboxylic acids is 1. The standard InChI is InChI=1S/C46H49ClFN9O6S/c1-6-64(50,61)33-8-10-37(34(47)23-33)55-15-16-56(45(55)60)41(51-32-19-25(2)40(48)26(3)20-32)39-28(5)54(14-11-35(39)49)42(58)38-22-31-21-30(29-12-17-62-18-13-29)7-9-36(31)57(38)46(24-27(46)4)43-52-44(59)63-53-43/h7-10,15-16,19-23,27-29,50H,6,11-14,17-18,24,49H2,1-5H3,(H,52,53,59)/t27-,28-,46-,64-/m0/s1. The predicted octanol–water partition coefficient (Wildman–Crippen LogP) is 7.51. The topological polar surface area (TPSA) is 200 Å². The fraction of sp³-hybridized carbons (Fsp3) is 0.370. The van der Waals surface area contributed by atoms with Crippen LogP contribution in [0.1, 0.15) is 85.4 Å². The van der Waals surface area contributed by atoms with E-state index in [1.807, 2.05) is 30.5 Å². The van der Waals surface area contributed by atoms with E-state index in [-0.39, 0.29) is 57.8 Å². The third kappa shape index (κ3) is 7.22. The number of nitrogens with one attached hydrogen (secondary N) is 2. The lowest BCUT2D eigenvalue weighted by Crippen LogP contribution is -2.49. The maximum Gasteiger partial charge on any atom is 0.438 e. The molecule has 0 bridgehead atoms. The van der Waals surface area contributed by atoms with E-state index in [1.54, 1.807) is 43.9 Å². The second-order valence-electron chi connectivity index (χ2n) is 17.1. The van der Waals surface area contributed by atoms with Crippen LogP contribution in [0.15, 0.2) is 102 Å². The Kier molecular flexibility index (Phi) is 10.9. The van der Waals surface area contributed by atoms with Gasteiger partial charge in [-0.2, -0.15) is 0 Å². The zero-order valence-corrected chi connectivity index (χ0v) is 37.7. The maximum atomic E-state index is 15.4. The summed E-state index contributed by atoms with van der Waals surface area (Å²) in [6, 6.07) is 15.1. The van der Waals surface area contributed by atoms with Crippen molar-refractivity contribution in [3.05, 3.63) is 138 Å². The molecule has 5 heterocycles. The van der Waals surface area contributed by atoms with Gasteiger partial charge in [-0.15, -0.1) is 0 Å². The van der Waals surface area contributed by atoms with E-state index >= 15 is 4.79 Å². The van der Waals surface area contributed by atoms with E-state index in [1.165, 1.54) is 33.7 Å². The predicted molar refractivity (Wildman–Crippen MR) is 242 cm³/mol. The first kappa shape index (κ1) is 43.2. The molecule has 1 saturated heterocycles. The van der Waals surface area contributed by atoms with Gasteiger partial charge < -0.3 is 19.9 Å². The lowest BCUT2D eigenvalue weighted by molar-refractivity contribution is 0.0697. The molecule has 0 spiro atoms. The Morgan fingerprint density at radius 3 is 2.44 bits per heavy atom. The van der Waals surface area contributed by atoms with Crippen molar-refractivity contribution < 1.29 is 22.7 Å². The number of nitrogens with zero attached hydrogens (tertiary/aromatic N) is 6. The number of ether oxygens (including phenoxy) is 1. The smallest absolute Gasteiger partial charge is 0.402 e. The lowest BCUT2D eigenvalue weighted by atomic mass is 9.91. The summed E-state index contributed by atoms with van der Waals surface area (Å²) in [5.74, 6) is -0.536. The number of rotatable bonds is 9. The number of aliphatic imine (C=N–C) groups is 1. The first-order chi connectivity index (χ1) is 30.5. The highest BCUT2D eigenvalue weighted by Crippen LogP contribution is 2.56. The molecule has 15 nitrogen and oxygen atoms in total. The molecular weight excluding hydrogens is 861 g/mol. The minimum atomic E-state index is -3.08. The van der Waals surface area contributed by atoms with Gasteiger partial charge in [0.25, 0.3) is 5.91 Å². The molecule has 2 aliphatic heterocycles. The highest BCUT2D eigenvalue weighted by Gasteiger charge is 2.59. The largest absolute Gasteiger partial charge is 0.438 e. The van der Waals surface area contributed by atoms with Crippen molar-refractivity contribution in [1.29, 1.82) is 4.78 Å². The number of halogens is 2. The van der Waals surface area contributed by atoms with Gasteiger partial charge in [-0.05, 0) is 117 Å². The molecule has 4 N–H and O–H groups in total. The quantitative estimate of drug-likeness (QED) is 0.0978. The number of hydrogen-bond donors (Lipinski definition) is 3. The number of benzene rings is 3. The van der Waals surface area contributed by atoms with Gasteiger partial charge in [0.1, 0.15) is 22.9 Å². The minimum Gasteiger partial charge on any atom is -0.402 e. The van der Waals surface area contributed by atoms with Crippen LogP contribution in [0.25, 0.3) is 16.6 Å². The van der Waals surface area contributed by atoms with Gasteiger partial charge in [0.2, 0.25) is 0 Å². The first-order valence-electron chi connectivity index (χ1n) is 21.4. The number of imidazole rings is 1. The Hall–Kier alpha value is -6.04. The summed E-state index contributed by atoms with van der Waals surface area (Å²) in [4.78, 5) is 52.1. The highest BCUT2D eigenvalue weighted by atomic mass is 35.5. The normalized spacial score (nSPS) is 21.7. The Morgan fingerprint density at radius 1 is 1.08 bits per heavy atom. The number of fused-ring (bicyclic) bond motifs is 1. The molecule has 0 radical (unpaired) electrons. The van der Waals surface area contributed by atoms with Gasteiger partial charge in [-0.3, -0.25) is 23.4 Å². The van der Waals surface area contributed by atoms with Crippen molar-refractivity contribution in [2.75, 3.05) is 25.5 Å². The molecule has 3 aliphatic rings. The Labute approximate surface area is 373 Å². The minimum absolute atomic E-state index is 0.0138. The van der Waals surface area contributed by atoms with Crippen molar-refractivity contribution in [2.45, 2.75) is 82.7 Å². The van der Waals surface area contributed by atoms with Crippen LogP contribution < -0.4 is 17.2 Å². The fourth-order valence-corrected chi connectivity index (χ4v) is 10.8. The van der Waals surface area contributed by atoms with Crippen LogP contribution in [0.3, 0.4) is 0 Å². The van der Waals surface area contributed by atoms with Crippen molar-refractivity contribution in [2.24, 2.45) is 16.6 Å². The number of aromatic nitrogens is 5. The van der Waals surface area contributed by atoms with E-state index in [4.69, 9.17) is 36.4 Å². The number of H-pyrrole nitrogens is 1. The number of amides is 1. The summed E-state index contributed by atoms with van der Waals surface area (Å²) in [6.45, 7) is 10.4. The summed E-state index contributed by atoms with van der Waals surface area (Å²) in [5.41, 5.74) is 9.98. The van der Waals surface area contributed by atoms with E-state index in [2.05, 4.69) is 22.3 Å². The third-order valence-corrected chi connectivity index (χ3v) is 15.4. The Bertz CT molecular complexity index is 3150. The van der Waals surface area contributed by atoms with Crippen LogP contribution in [-0.4, -0.2) is 76.2 Å². The van der Waals surface area contributed by atoms with E-state index in [0.29, 0.717) is 65.2 Å². The lowest BCUT2D eigenvalue weighted by Gasteiger charge is -2.37. The fourth-order valence-electron chi connectivity index (χ4n) is 9.56. The molecule has 3 aromatic heterocycles. The zero-order chi connectivity index (χ0) is 45.4. The summed E-state index contributed by atoms with van der Waals surface area (Å²) >= 11 is 6.70. The zero-order valence-electron chi connectivity index (χ0n) is 36.1. The summed E-state index contributed by atoms with van der Waals surface area (Å²) in [7, 11) is -3.08. The Morgan fingerprint density at radius 2 is 1.80 bits per heavy atom. The molecule has 0 unspecified atom stereocenters. The van der Waals surface area contributed by atoms with Gasteiger partial charge in [-0.25, -0.2) is 28.0 Å².